The molecular formula is C11H13ClFN. The van der Waals surface area contributed by atoms with Crippen molar-refractivity contribution in [1.82, 2.24) is 0 Å². The molecule has 0 atom stereocenters. The molecule has 0 unspecified atom stereocenters. The van der Waals surface area contributed by atoms with Crippen LogP contribution in [0.15, 0.2) is 12.1 Å². The smallest absolute Gasteiger partial charge is 0.142 e. The summed E-state index contributed by atoms with van der Waals surface area (Å²) in [5.41, 5.74) is 7.75. The lowest BCUT2D eigenvalue weighted by Gasteiger charge is -2.13. The van der Waals surface area contributed by atoms with Crippen LogP contribution in [-0.4, -0.2) is 5.54 Å². The molecule has 0 aliphatic heterocycles. The molecule has 14 heavy (non-hydrogen) atoms. The van der Waals surface area contributed by atoms with Gasteiger partial charge in [0.15, 0.2) is 0 Å². The van der Waals surface area contributed by atoms with Crippen LogP contribution < -0.4 is 5.73 Å². The number of nitrogens with two attached hydrogens (primary N) is 1. The second-order valence-electron chi connectivity index (χ2n) is 4.20. The van der Waals surface area contributed by atoms with E-state index in [4.69, 9.17) is 17.3 Å². The van der Waals surface area contributed by atoms with E-state index in [0.29, 0.717) is 6.42 Å². The molecule has 0 spiro atoms. The Kier molecular flexibility index (Phi) is 2.28. The van der Waals surface area contributed by atoms with Gasteiger partial charge in [-0.3, -0.25) is 0 Å². The highest BCUT2D eigenvalue weighted by molar-refractivity contribution is 6.31. The maximum atomic E-state index is 13.2. The lowest BCUT2D eigenvalue weighted by atomic mass is 10.00. The standard InChI is InChI=1S/C11H13ClFN/c1-7-2-3-9(13)10(12)8(7)6-11(14)4-5-11/h2-3H,4-6,14H2,1H3. The van der Waals surface area contributed by atoms with Crippen LogP contribution in [0.25, 0.3) is 0 Å². The first kappa shape index (κ1) is 9.94. The van der Waals surface area contributed by atoms with Crippen molar-refractivity contribution in [3.05, 3.63) is 34.1 Å². The van der Waals surface area contributed by atoms with Gasteiger partial charge >= 0.3 is 0 Å². The van der Waals surface area contributed by atoms with Gasteiger partial charge in [-0.1, -0.05) is 17.7 Å². The zero-order chi connectivity index (χ0) is 10.3. The summed E-state index contributed by atoms with van der Waals surface area (Å²) in [7, 11) is 0. The van der Waals surface area contributed by atoms with Crippen LogP contribution in [0.5, 0.6) is 0 Å². The van der Waals surface area contributed by atoms with Gasteiger partial charge in [-0.2, -0.15) is 0 Å². The second kappa shape index (κ2) is 3.21. The Hall–Kier alpha value is -0.600. The number of hydrogen-bond donors (Lipinski definition) is 1. The summed E-state index contributed by atoms with van der Waals surface area (Å²) in [5, 5.41) is 0.238. The van der Waals surface area contributed by atoms with Crippen molar-refractivity contribution in [1.29, 1.82) is 0 Å². The van der Waals surface area contributed by atoms with Gasteiger partial charge < -0.3 is 5.73 Å². The van der Waals surface area contributed by atoms with Crippen molar-refractivity contribution in [2.45, 2.75) is 31.7 Å². The topological polar surface area (TPSA) is 26.0 Å². The van der Waals surface area contributed by atoms with Gasteiger partial charge in [-0.25, -0.2) is 4.39 Å². The summed E-state index contributed by atoms with van der Waals surface area (Å²) in [5.74, 6) is -0.350. The summed E-state index contributed by atoms with van der Waals surface area (Å²) < 4.78 is 13.2. The Bertz CT molecular complexity index is 372. The Morgan fingerprint density at radius 2 is 2.14 bits per heavy atom. The minimum Gasteiger partial charge on any atom is -0.325 e. The Morgan fingerprint density at radius 1 is 1.50 bits per heavy atom. The van der Waals surface area contributed by atoms with Crippen LogP contribution in [0.2, 0.25) is 5.02 Å². The van der Waals surface area contributed by atoms with Crippen molar-refractivity contribution >= 4 is 11.6 Å². The lowest BCUT2D eigenvalue weighted by Crippen LogP contribution is -2.25. The van der Waals surface area contributed by atoms with E-state index in [-0.39, 0.29) is 16.4 Å². The van der Waals surface area contributed by atoms with Crippen molar-refractivity contribution in [3.63, 3.8) is 0 Å². The normalized spacial score (nSPS) is 18.3. The fourth-order valence-corrected chi connectivity index (χ4v) is 1.87. The van der Waals surface area contributed by atoms with E-state index in [1.165, 1.54) is 6.07 Å². The van der Waals surface area contributed by atoms with E-state index in [9.17, 15) is 4.39 Å². The molecule has 1 nitrogen and oxygen atoms in total. The van der Waals surface area contributed by atoms with Gasteiger partial charge in [0, 0.05) is 5.54 Å². The molecule has 0 heterocycles. The Morgan fingerprint density at radius 3 is 2.71 bits per heavy atom. The SMILES string of the molecule is Cc1ccc(F)c(Cl)c1CC1(N)CC1. The lowest BCUT2D eigenvalue weighted by molar-refractivity contribution is 0.617. The van der Waals surface area contributed by atoms with Crippen molar-refractivity contribution in [2.75, 3.05) is 0 Å². The third-order valence-electron chi connectivity index (χ3n) is 2.85. The third kappa shape index (κ3) is 1.77. The van der Waals surface area contributed by atoms with Gasteiger partial charge in [0.2, 0.25) is 0 Å². The minimum absolute atomic E-state index is 0.123. The highest BCUT2D eigenvalue weighted by Gasteiger charge is 2.39. The van der Waals surface area contributed by atoms with Gasteiger partial charge in [-0.15, -0.1) is 0 Å². The van der Waals surface area contributed by atoms with Gasteiger partial charge in [-0.05, 0) is 43.4 Å². The minimum atomic E-state index is -0.350. The average molecular weight is 214 g/mol. The molecule has 3 heteroatoms. The highest BCUT2D eigenvalue weighted by atomic mass is 35.5. The highest BCUT2D eigenvalue weighted by Crippen LogP contribution is 2.38. The van der Waals surface area contributed by atoms with Crippen LogP contribution in [0.3, 0.4) is 0 Å². The Balaban J connectivity index is 2.35. The summed E-state index contributed by atoms with van der Waals surface area (Å²) in [6.07, 6.45) is 2.72. The van der Waals surface area contributed by atoms with E-state index < -0.39 is 0 Å². The summed E-state index contributed by atoms with van der Waals surface area (Å²) >= 11 is 5.90. The molecule has 1 aliphatic carbocycles. The van der Waals surface area contributed by atoms with Crippen LogP contribution in [0, 0.1) is 12.7 Å². The van der Waals surface area contributed by atoms with E-state index in [1.54, 1.807) is 6.07 Å². The molecule has 0 amide bonds. The molecular weight excluding hydrogens is 201 g/mol. The van der Waals surface area contributed by atoms with Crippen LogP contribution >= 0.6 is 11.6 Å². The Labute approximate surface area is 88.1 Å². The van der Waals surface area contributed by atoms with E-state index in [0.717, 1.165) is 24.0 Å². The van der Waals surface area contributed by atoms with Crippen LogP contribution in [0.4, 0.5) is 4.39 Å². The quantitative estimate of drug-likeness (QED) is 0.804. The third-order valence-corrected chi connectivity index (χ3v) is 3.26. The summed E-state index contributed by atoms with van der Waals surface area (Å²) in [6.45, 7) is 1.94. The first-order valence-corrected chi connectivity index (χ1v) is 5.12. The number of aryl methyl sites for hydroxylation is 1. The fourth-order valence-electron chi connectivity index (χ4n) is 1.60. The molecule has 0 aromatic heterocycles. The maximum Gasteiger partial charge on any atom is 0.142 e. The predicted octanol–water partition coefficient (Wildman–Crippen LogP) is 2.82. The number of benzene rings is 1. The van der Waals surface area contributed by atoms with Gasteiger partial charge in [0.05, 0.1) is 5.02 Å². The molecule has 2 N–H and O–H groups in total. The molecule has 1 aromatic rings. The second-order valence-corrected chi connectivity index (χ2v) is 4.57. The van der Waals surface area contributed by atoms with Crippen molar-refractivity contribution < 1.29 is 4.39 Å². The van der Waals surface area contributed by atoms with E-state index in [1.807, 2.05) is 6.92 Å². The molecule has 0 saturated heterocycles. The van der Waals surface area contributed by atoms with E-state index >= 15 is 0 Å². The molecule has 1 aliphatic rings. The fraction of sp³-hybridized carbons (Fsp3) is 0.455. The summed E-state index contributed by atoms with van der Waals surface area (Å²) in [4.78, 5) is 0. The molecule has 1 aromatic carbocycles. The number of hydrogen-bond acceptors (Lipinski definition) is 1. The van der Waals surface area contributed by atoms with Gasteiger partial charge in [0.25, 0.3) is 0 Å². The predicted molar refractivity (Wildman–Crippen MR) is 56.0 cm³/mol. The molecule has 0 bridgehead atoms. The molecule has 2 rings (SSSR count). The van der Waals surface area contributed by atoms with Crippen LogP contribution in [0.1, 0.15) is 24.0 Å². The first-order valence-electron chi connectivity index (χ1n) is 4.74. The zero-order valence-electron chi connectivity index (χ0n) is 8.11. The zero-order valence-corrected chi connectivity index (χ0v) is 8.87. The average Bonchev–Trinajstić information content (AvgIpc) is 2.86. The van der Waals surface area contributed by atoms with E-state index in [2.05, 4.69) is 0 Å². The molecule has 76 valence electrons. The molecule has 1 saturated carbocycles. The molecule has 1 fully saturated rings. The van der Waals surface area contributed by atoms with Crippen molar-refractivity contribution in [3.8, 4) is 0 Å². The maximum absolute atomic E-state index is 13.2. The number of rotatable bonds is 2. The van der Waals surface area contributed by atoms with Gasteiger partial charge in [0.1, 0.15) is 5.82 Å². The largest absolute Gasteiger partial charge is 0.325 e. The monoisotopic (exact) mass is 213 g/mol. The van der Waals surface area contributed by atoms with Crippen LogP contribution in [-0.2, 0) is 6.42 Å². The molecule has 0 radical (unpaired) electrons. The summed E-state index contributed by atoms with van der Waals surface area (Å²) in [6, 6.07) is 3.15. The van der Waals surface area contributed by atoms with Crippen molar-refractivity contribution in [2.24, 2.45) is 5.73 Å². The first-order chi connectivity index (χ1) is 6.52. The number of halogens is 2.